The molecule has 106 valence electrons. The van der Waals surface area contributed by atoms with Crippen LogP contribution in [0.25, 0.3) is 0 Å². The molecule has 1 aliphatic rings. The molecule has 19 heavy (non-hydrogen) atoms. The Balaban J connectivity index is 2.32. The van der Waals surface area contributed by atoms with Crippen LogP contribution in [-0.4, -0.2) is 24.4 Å². The number of para-hydroxylation sites is 1. The van der Waals surface area contributed by atoms with Crippen molar-refractivity contribution in [2.24, 2.45) is 5.73 Å². The van der Waals surface area contributed by atoms with Crippen LogP contribution in [0.1, 0.15) is 31.2 Å². The summed E-state index contributed by atoms with van der Waals surface area (Å²) in [5.74, 6) is 0.194. The monoisotopic (exact) mass is 271 g/mol. The highest BCUT2D eigenvalue weighted by atomic mass is 19.3. The molecule has 0 saturated heterocycles. The molecule has 0 atom stereocenters. The van der Waals surface area contributed by atoms with Gasteiger partial charge in [-0.15, -0.1) is 0 Å². The van der Waals surface area contributed by atoms with Gasteiger partial charge in [0.1, 0.15) is 5.75 Å². The van der Waals surface area contributed by atoms with Crippen LogP contribution < -0.4 is 10.5 Å². The first-order valence-corrected chi connectivity index (χ1v) is 6.50. The molecule has 0 heterocycles. The number of nitrogens with two attached hydrogens (primary N) is 1. The summed E-state index contributed by atoms with van der Waals surface area (Å²) in [7, 11) is 0. The minimum Gasteiger partial charge on any atom is -0.435 e. The molecule has 1 saturated carbocycles. The van der Waals surface area contributed by atoms with E-state index < -0.39 is 6.61 Å². The third kappa shape index (κ3) is 3.04. The molecule has 0 unspecified atom stereocenters. The predicted molar refractivity (Wildman–Crippen MR) is 68.3 cm³/mol. The first-order valence-electron chi connectivity index (χ1n) is 6.50. The largest absolute Gasteiger partial charge is 0.435 e. The summed E-state index contributed by atoms with van der Waals surface area (Å²) in [6.45, 7) is -2.48. The van der Waals surface area contributed by atoms with E-state index in [0.717, 1.165) is 5.56 Å². The van der Waals surface area contributed by atoms with Crippen molar-refractivity contribution in [1.29, 1.82) is 0 Å². The summed E-state index contributed by atoms with van der Waals surface area (Å²) in [5.41, 5.74) is 6.25. The van der Waals surface area contributed by atoms with Crippen molar-refractivity contribution < 1.29 is 18.6 Å². The minimum atomic E-state index is -2.84. The van der Waals surface area contributed by atoms with E-state index in [2.05, 4.69) is 4.74 Å². The Morgan fingerprint density at radius 2 is 1.95 bits per heavy atom. The lowest BCUT2D eigenvalue weighted by Crippen LogP contribution is -2.40. The molecule has 0 aromatic heterocycles. The number of rotatable bonds is 4. The van der Waals surface area contributed by atoms with Crippen LogP contribution in [0.3, 0.4) is 0 Å². The summed E-state index contributed by atoms with van der Waals surface area (Å²) in [6.07, 6.45) is 2.34. The van der Waals surface area contributed by atoms with Crippen molar-refractivity contribution in [2.75, 3.05) is 6.54 Å². The zero-order valence-electron chi connectivity index (χ0n) is 10.7. The maximum absolute atomic E-state index is 12.5. The number of aliphatic hydroxyl groups excluding tert-OH is 1. The molecule has 1 aromatic rings. The Hall–Kier alpha value is -1.20. The first-order chi connectivity index (χ1) is 9.07. The van der Waals surface area contributed by atoms with Crippen LogP contribution in [0.4, 0.5) is 8.78 Å². The molecular weight excluding hydrogens is 252 g/mol. The topological polar surface area (TPSA) is 55.5 Å². The molecule has 1 aromatic carbocycles. The minimum absolute atomic E-state index is 0.194. The maximum atomic E-state index is 12.5. The number of hydrogen-bond donors (Lipinski definition) is 2. The predicted octanol–water partition coefficient (Wildman–Crippen LogP) is 2.42. The van der Waals surface area contributed by atoms with Crippen molar-refractivity contribution in [2.45, 2.75) is 43.8 Å². The molecule has 1 aliphatic carbocycles. The van der Waals surface area contributed by atoms with Crippen LogP contribution in [0.15, 0.2) is 24.3 Å². The molecule has 3 nitrogen and oxygen atoms in total. The third-order valence-corrected chi connectivity index (χ3v) is 3.98. The van der Waals surface area contributed by atoms with Gasteiger partial charge in [-0.1, -0.05) is 18.2 Å². The van der Waals surface area contributed by atoms with E-state index in [1.54, 1.807) is 24.3 Å². The van der Waals surface area contributed by atoms with Gasteiger partial charge in [0.2, 0.25) is 0 Å². The SMILES string of the molecule is NCC1(c2ccccc2OC(F)F)CCC(O)CC1. The van der Waals surface area contributed by atoms with E-state index in [9.17, 15) is 13.9 Å². The summed E-state index contributed by atoms with van der Waals surface area (Å²) in [5, 5.41) is 9.61. The molecule has 3 N–H and O–H groups in total. The van der Waals surface area contributed by atoms with E-state index >= 15 is 0 Å². The Bertz CT molecular complexity index is 418. The third-order valence-electron chi connectivity index (χ3n) is 3.98. The number of aliphatic hydroxyl groups is 1. The molecule has 5 heteroatoms. The van der Waals surface area contributed by atoms with Gasteiger partial charge in [0.15, 0.2) is 0 Å². The second-order valence-corrected chi connectivity index (χ2v) is 5.09. The zero-order chi connectivity index (χ0) is 13.9. The smallest absolute Gasteiger partial charge is 0.387 e. The van der Waals surface area contributed by atoms with Crippen LogP contribution in [0.5, 0.6) is 5.75 Å². The molecule has 0 aliphatic heterocycles. The Morgan fingerprint density at radius 1 is 1.32 bits per heavy atom. The second kappa shape index (κ2) is 5.84. The lowest BCUT2D eigenvalue weighted by atomic mass is 9.68. The fraction of sp³-hybridized carbons (Fsp3) is 0.571. The normalized spacial score (nSPS) is 27.5. The van der Waals surface area contributed by atoms with Gasteiger partial charge in [0, 0.05) is 17.5 Å². The van der Waals surface area contributed by atoms with Gasteiger partial charge in [-0.05, 0) is 31.7 Å². The van der Waals surface area contributed by atoms with Gasteiger partial charge in [-0.3, -0.25) is 0 Å². The lowest BCUT2D eigenvalue weighted by molar-refractivity contribution is -0.0514. The van der Waals surface area contributed by atoms with Crippen LogP contribution in [0, 0.1) is 0 Å². The van der Waals surface area contributed by atoms with Gasteiger partial charge in [-0.2, -0.15) is 8.78 Å². The van der Waals surface area contributed by atoms with Gasteiger partial charge in [0.05, 0.1) is 6.10 Å². The average molecular weight is 271 g/mol. The molecule has 2 rings (SSSR count). The van der Waals surface area contributed by atoms with Crippen LogP contribution in [-0.2, 0) is 5.41 Å². The fourth-order valence-electron chi connectivity index (χ4n) is 2.84. The molecule has 1 fully saturated rings. The molecular formula is C14H19F2NO2. The second-order valence-electron chi connectivity index (χ2n) is 5.09. The standard InChI is InChI=1S/C14H19F2NO2/c15-13(16)19-12-4-2-1-3-11(12)14(9-17)7-5-10(18)6-8-14/h1-4,10,13,18H,5-9,17H2. The van der Waals surface area contributed by atoms with Gasteiger partial charge >= 0.3 is 6.61 Å². The van der Waals surface area contributed by atoms with Gasteiger partial charge in [-0.25, -0.2) is 0 Å². The molecule has 0 spiro atoms. The van der Waals surface area contributed by atoms with Crippen LogP contribution in [0.2, 0.25) is 0 Å². The van der Waals surface area contributed by atoms with Crippen LogP contribution >= 0.6 is 0 Å². The highest BCUT2D eigenvalue weighted by Gasteiger charge is 2.37. The summed E-state index contributed by atoms with van der Waals surface area (Å²) >= 11 is 0. The first kappa shape index (κ1) is 14.2. The van der Waals surface area contributed by atoms with Crippen molar-refractivity contribution >= 4 is 0 Å². The fourth-order valence-corrected chi connectivity index (χ4v) is 2.84. The highest BCUT2D eigenvalue weighted by Crippen LogP contribution is 2.42. The average Bonchev–Trinajstić information content (AvgIpc) is 2.40. The molecule has 0 amide bonds. The zero-order valence-corrected chi connectivity index (χ0v) is 10.7. The molecule has 0 bridgehead atoms. The van der Waals surface area contributed by atoms with E-state index in [1.807, 2.05) is 0 Å². The number of ether oxygens (including phenoxy) is 1. The number of halogens is 2. The number of alkyl halides is 2. The van der Waals surface area contributed by atoms with Gasteiger partial charge in [0.25, 0.3) is 0 Å². The Kier molecular flexibility index (Phi) is 4.37. The molecule has 0 radical (unpaired) electrons. The van der Waals surface area contributed by atoms with E-state index in [1.165, 1.54) is 0 Å². The lowest BCUT2D eigenvalue weighted by Gasteiger charge is -2.39. The summed E-state index contributed by atoms with van der Waals surface area (Å²) in [4.78, 5) is 0. The Labute approximate surface area is 111 Å². The van der Waals surface area contributed by atoms with E-state index in [4.69, 9.17) is 5.73 Å². The van der Waals surface area contributed by atoms with E-state index in [-0.39, 0.29) is 17.3 Å². The quantitative estimate of drug-likeness (QED) is 0.884. The summed E-state index contributed by atoms with van der Waals surface area (Å²) in [6, 6.07) is 6.81. The van der Waals surface area contributed by atoms with Gasteiger partial charge < -0.3 is 15.6 Å². The highest BCUT2D eigenvalue weighted by molar-refractivity contribution is 5.40. The number of benzene rings is 1. The van der Waals surface area contributed by atoms with Crippen molar-refractivity contribution in [3.8, 4) is 5.75 Å². The number of hydrogen-bond acceptors (Lipinski definition) is 3. The summed E-state index contributed by atoms with van der Waals surface area (Å²) < 4.78 is 29.5. The Morgan fingerprint density at radius 3 is 2.53 bits per heavy atom. The van der Waals surface area contributed by atoms with E-state index in [0.29, 0.717) is 32.2 Å². The van der Waals surface area contributed by atoms with Crippen molar-refractivity contribution in [3.63, 3.8) is 0 Å². The van der Waals surface area contributed by atoms with Crippen molar-refractivity contribution in [1.82, 2.24) is 0 Å². The van der Waals surface area contributed by atoms with Crippen molar-refractivity contribution in [3.05, 3.63) is 29.8 Å². The maximum Gasteiger partial charge on any atom is 0.387 e.